The molecule has 0 aliphatic carbocycles. The van der Waals surface area contributed by atoms with Crippen LogP contribution in [0.25, 0.3) is 0 Å². The van der Waals surface area contributed by atoms with Crippen molar-refractivity contribution in [2.75, 3.05) is 0 Å². The SMILES string of the molecule is O=C(Oc1ccc(C=NNS(=O)(=O)c2ccccc2)cc1)c1ccccc1Cl. The van der Waals surface area contributed by atoms with Crippen molar-refractivity contribution >= 4 is 33.8 Å². The van der Waals surface area contributed by atoms with Crippen LogP contribution >= 0.6 is 11.6 Å². The molecule has 0 aliphatic rings. The van der Waals surface area contributed by atoms with Crippen LogP contribution in [0.5, 0.6) is 5.75 Å². The summed E-state index contributed by atoms with van der Waals surface area (Å²) in [6, 6.07) is 20.9. The molecule has 0 fully saturated rings. The molecule has 0 aromatic heterocycles. The summed E-state index contributed by atoms with van der Waals surface area (Å²) in [4.78, 5) is 14.4. The molecule has 0 heterocycles. The zero-order valence-corrected chi connectivity index (χ0v) is 16.0. The topological polar surface area (TPSA) is 84.8 Å². The van der Waals surface area contributed by atoms with Gasteiger partial charge in [0.15, 0.2) is 0 Å². The molecule has 0 unspecified atom stereocenters. The van der Waals surface area contributed by atoms with Crippen LogP contribution in [0.2, 0.25) is 5.02 Å². The number of nitrogens with one attached hydrogen (secondary N) is 1. The highest BCUT2D eigenvalue weighted by Gasteiger charge is 2.12. The Balaban J connectivity index is 1.62. The van der Waals surface area contributed by atoms with E-state index in [1.165, 1.54) is 18.3 Å². The zero-order valence-electron chi connectivity index (χ0n) is 14.4. The molecule has 0 saturated carbocycles. The van der Waals surface area contributed by atoms with Crippen LogP contribution in [0, 0.1) is 0 Å². The number of hydrogen-bond acceptors (Lipinski definition) is 5. The molecular weight excluding hydrogens is 400 g/mol. The van der Waals surface area contributed by atoms with Crippen LogP contribution in [0.4, 0.5) is 0 Å². The maximum absolute atomic E-state index is 12.1. The van der Waals surface area contributed by atoms with Gasteiger partial charge in [-0.05, 0) is 54.1 Å². The molecule has 142 valence electrons. The lowest BCUT2D eigenvalue weighted by Crippen LogP contribution is -2.18. The molecule has 0 atom stereocenters. The second-order valence-corrected chi connectivity index (χ2v) is 7.67. The fourth-order valence-electron chi connectivity index (χ4n) is 2.23. The van der Waals surface area contributed by atoms with Crippen LogP contribution in [-0.2, 0) is 10.0 Å². The number of ether oxygens (including phenoxy) is 1. The average Bonchev–Trinajstić information content (AvgIpc) is 2.70. The Morgan fingerprint density at radius 1 is 0.929 bits per heavy atom. The van der Waals surface area contributed by atoms with Crippen molar-refractivity contribution in [1.82, 2.24) is 4.83 Å². The van der Waals surface area contributed by atoms with Gasteiger partial charge in [0.2, 0.25) is 0 Å². The Labute approximate surface area is 167 Å². The van der Waals surface area contributed by atoms with Gasteiger partial charge in [0, 0.05) is 0 Å². The van der Waals surface area contributed by atoms with Crippen molar-refractivity contribution in [3.05, 3.63) is 95.0 Å². The van der Waals surface area contributed by atoms with Crippen LogP contribution in [0.3, 0.4) is 0 Å². The van der Waals surface area contributed by atoms with E-state index < -0.39 is 16.0 Å². The number of halogens is 1. The molecule has 6 nitrogen and oxygen atoms in total. The number of carbonyl (C=O) groups excluding carboxylic acids is 1. The van der Waals surface area contributed by atoms with Gasteiger partial charge in [0.1, 0.15) is 5.75 Å². The summed E-state index contributed by atoms with van der Waals surface area (Å²) in [5.74, 6) is -0.241. The van der Waals surface area contributed by atoms with E-state index in [1.54, 1.807) is 66.7 Å². The monoisotopic (exact) mass is 414 g/mol. The normalized spacial score (nSPS) is 11.3. The van der Waals surface area contributed by atoms with Gasteiger partial charge in [-0.3, -0.25) is 0 Å². The minimum absolute atomic E-state index is 0.119. The van der Waals surface area contributed by atoms with E-state index in [4.69, 9.17) is 16.3 Å². The Hall–Kier alpha value is -3.16. The number of rotatable bonds is 6. The van der Waals surface area contributed by atoms with Gasteiger partial charge in [-0.1, -0.05) is 41.9 Å². The van der Waals surface area contributed by atoms with Crippen LogP contribution in [0.15, 0.2) is 88.9 Å². The van der Waals surface area contributed by atoms with Crippen molar-refractivity contribution in [2.45, 2.75) is 4.90 Å². The smallest absolute Gasteiger partial charge is 0.345 e. The molecule has 1 N–H and O–H groups in total. The van der Waals surface area contributed by atoms with Gasteiger partial charge < -0.3 is 4.74 Å². The predicted octanol–water partition coefficient (Wildman–Crippen LogP) is 3.87. The maximum atomic E-state index is 12.1. The van der Waals surface area contributed by atoms with E-state index in [-0.39, 0.29) is 10.5 Å². The molecule has 0 saturated heterocycles. The maximum Gasteiger partial charge on any atom is 0.345 e. The summed E-state index contributed by atoms with van der Waals surface area (Å²) in [6.07, 6.45) is 1.35. The number of hydrogen-bond donors (Lipinski definition) is 1. The minimum Gasteiger partial charge on any atom is -0.423 e. The third kappa shape index (κ3) is 4.97. The summed E-state index contributed by atoms with van der Waals surface area (Å²) in [7, 11) is -3.72. The van der Waals surface area contributed by atoms with Gasteiger partial charge in [-0.2, -0.15) is 13.5 Å². The van der Waals surface area contributed by atoms with Crippen LogP contribution in [0.1, 0.15) is 15.9 Å². The Bertz CT molecular complexity index is 1100. The van der Waals surface area contributed by atoms with Crippen molar-refractivity contribution in [2.24, 2.45) is 5.10 Å². The van der Waals surface area contributed by atoms with Gasteiger partial charge in [0.25, 0.3) is 10.0 Å². The van der Waals surface area contributed by atoms with E-state index in [9.17, 15) is 13.2 Å². The quantitative estimate of drug-likeness (QED) is 0.287. The van der Waals surface area contributed by atoms with Gasteiger partial charge in [-0.25, -0.2) is 9.63 Å². The lowest BCUT2D eigenvalue weighted by atomic mass is 10.2. The van der Waals surface area contributed by atoms with Crippen molar-refractivity contribution in [3.63, 3.8) is 0 Å². The first-order valence-corrected chi connectivity index (χ1v) is 9.98. The summed E-state index contributed by atoms with van der Waals surface area (Å²) in [5, 5.41) is 4.06. The molecule has 8 heteroatoms. The van der Waals surface area contributed by atoms with Crippen LogP contribution < -0.4 is 9.57 Å². The molecule has 0 aliphatic heterocycles. The fraction of sp³-hybridized carbons (Fsp3) is 0. The van der Waals surface area contributed by atoms with Crippen molar-refractivity contribution < 1.29 is 17.9 Å². The lowest BCUT2D eigenvalue weighted by molar-refractivity contribution is 0.0735. The van der Waals surface area contributed by atoms with E-state index in [0.717, 1.165) is 0 Å². The number of esters is 1. The molecule has 0 radical (unpaired) electrons. The molecule has 0 amide bonds. The Kier molecular flexibility index (Phi) is 6.08. The second-order valence-electron chi connectivity index (χ2n) is 5.60. The average molecular weight is 415 g/mol. The fourth-order valence-corrected chi connectivity index (χ4v) is 3.26. The molecule has 3 rings (SSSR count). The summed E-state index contributed by atoms with van der Waals surface area (Å²) >= 11 is 5.97. The largest absolute Gasteiger partial charge is 0.423 e. The number of hydrazone groups is 1. The summed E-state index contributed by atoms with van der Waals surface area (Å²) in [6.45, 7) is 0. The van der Waals surface area contributed by atoms with E-state index in [2.05, 4.69) is 9.93 Å². The molecule has 0 spiro atoms. The summed E-state index contributed by atoms with van der Waals surface area (Å²) < 4.78 is 29.4. The predicted molar refractivity (Wildman–Crippen MR) is 107 cm³/mol. The number of carbonyl (C=O) groups is 1. The molecule has 3 aromatic rings. The second kappa shape index (κ2) is 8.69. The Morgan fingerprint density at radius 3 is 2.25 bits per heavy atom. The molecule has 28 heavy (non-hydrogen) atoms. The third-order valence-electron chi connectivity index (χ3n) is 3.62. The van der Waals surface area contributed by atoms with Gasteiger partial charge in [0.05, 0.1) is 21.7 Å². The van der Waals surface area contributed by atoms with Gasteiger partial charge in [-0.15, -0.1) is 0 Å². The number of benzene rings is 3. The summed E-state index contributed by atoms with van der Waals surface area (Å²) in [5.41, 5.74) is 0.887. The van der Waals surface area contributed by atoms with Crippen molar-refractivity contribution in [3.8, 4) is 5.75 Å². The van der Waals surface area contributed by atoms with Crippen LogP contribution in [-0.4, -0.2) is 20.6 Å². The molecule has 3 aromatic carbocycles. The standard InChI is InChI=1S/C20H15ClN2O4S/c21-19-9-5-4-8-18(19)20(24)27-16-12-10-15(11-13-16)14-22-23-28(25,26)17-6-2-1-3-7-17/h1-14,23H. The number of nitrogens with zero attached hydrogens (tertiary/aromatic N) is 1. The highest BCUT2D eigenvalue weighted by molar-refractivity contribution is 7.89. The van der Waals surface area contributed by atoms with Crippen molar-refractivity contribution in [1.29, 1.82) is 0 Å². The highest BCUT2D eigenvalue weighted by atomic mass is 35.5. The molecule has 0 bridgehead atoms. The first-order valence-electron chi connectivity index (χ1n) is 8.12. The lowest BCUT2D eigenvalue weighted by Gasteiger charge is -2.06. The first-order chi connectivity index (χ1) is 13.5. The van der Waals surface area contributed by atoms with E-state index in [0.29, 0.717) is 16.3 Å². The number of sulfonamides is 1. The highest BCUT2D eigenvalue weighted by Crippen LogP contribution is 2.19. The minimum atomic E-state index is -3.72. The van der Waals surface area contributed by atoms with Gasteiger partial charge >= 0.3 is 5.97 Å². The molecular formula is C20H15ClN2O4S. The zero-order chi connectivity index (χ0) is 20.0. The Morgan fingerprint density at radius 2 is 1.57 bits per heavy atom. The first kappa shape index (κ1) is 19.6. The van der Waals surface area contributed by atoms with E-state index >= 15 is 0 Å². The third-order valence-corrected chi connectivity index (χ3v) is 5.19. The van der Waals surface area contributed by atoms with E-state index in [1.807, 2.05) is 0 Å².